The van der Waals surface area contributed by atoms with Crippen LogP contribution in [0.3, 0.4) is 0 Å². The summed E-state index contributed by atoms with van der Waals surface area (Å²) in [5, 5.41) is 8.52. The van der Waals surface area contributed by atoms with E-state index < -0.39 is 16.0 Å². The van der Waals surface area contributed by atoms with E-state index in [9.17, 15) is 13.2 Å². The second-order valence-electron chi connectivity index (χ2n) is 4.89. The smallest absolute Gasteiger partial charge is 0.304 e. The van der Waals surface area contributed by atoms with Crippen molar-refractivity contribution >= 4 is 16.0 Å². The monoisotopic (exact) mass is 263 g/mol. The van der Waals surface area contributed by atoms with Gasteiger partial charge in [0.2, 0.25) is 10.0 Å². The lowest BCUT2D eigenvalue weighted by Gasteiger charge is -2.32. The van der Waals surface area contributed by atoms with E-state index in [-0.39, 0.29) is 18.2 Å². The van der Waals surface area contributed by atoms with Crippen LogP contribution < -0.4 is 0 Å². The molecular formula is C11H21NO4S. The van der Waals surface area contributed by atoms with Gasteiger partial charge in [-0.05, 0) is 31.6 Å². The first kappa shape index (κ1) is 14.4. The molecule has 0 heterocycles. The summed E-state index contributed by atoms with van der Waals surface area (Å²) in [6.07, 6.45) is 3.52. The maximum Gasteiger partial charge on any atom is 0.304 e. The molecule has 0 atom stereocenters. The van der Waals surface area contributed by atoms with Gasteiger partial charge in [0.1, 0.15) is 0 Å². The van der Waals surface area contributed by atoms with E-state index >= 15 is 0 Å². The van der Waals surface area contributed by atoms with E-state index in [1.807, 2.05) is 0 Å². The molecule has 17 heavy (non-hydrogen) atoms. The Hall–Kier alpha value is -0.620. The van der Waals surface area contributed by atoms with E-state index in [0.29, 0.717) is 5.92 Å². The SMILES string of the molecule is CC1CCC(N(C)S(=O)(=O)CCC(=O)O)CC1. The van der Waals surface area contributed by atoms with E-state index in [1.54, 1.807) is 7.05 Å². The third kappa shape index (κ3) is 4.27. The van der Waals surface area contributed by atoms with Crippen LogP contribution in [0.4, 0.5) is 0 Å². The van der Waals surface area contributed by atoms with E-state index in [2.05, 4.69) is 6.92 Å². The Kier molecular flexibility index (Phi) is 4.94. The third-order valence-corrected chi connectivity index (χ3v) is 5.41. The van der Waals surface area contributed by atoms with E-state index in [0.717, 1.165) is 25.7 Å². The van der Waals surface area contributed by atoms with Crippen LogP contribution in [-0.2, 0) is 14.8 Å². The lowest BCUT2D eigenvalue weighted by atomic mass is 9.87. The summed E-state index contributed by atoms with van der Waals surface area (Å²) >= 11 is 0. The van der Waals surface area contributed by atoms with Gasteiger partial charge in [-0.25, -0.2) is 12.7 Å². The van der Waals surface area contributed by atoms with Gasteiger partial charge in [0.25, 0.3) is 0 Å². The van der Waals surface area contributed by atoms with E-state index in [1.165, 1.54) is 4.31 Å². The molecule has 0 saturated heterocycles. The van der Waals surface area contributed by atoms with Crippen LogP contribution in [0.25, 0.3) is 0 Å². The molecular weight excluding hydrogens is 242 g/mol. The summed E-state index contributed by atoms with van der Waals surface area (Å²) < 4.78 is 25.1. The first-order valence-electron chi connectivity index (χ1n) is 6.00. The third-order valence-electron chi connectivity index (χ3n) is 3.51. The normalized spacial score (nSPS) is 26.1. The molecule has 1 rings (SSSR count). The predicted molar refractivity (Wildman–Crippen MR) is 65.2 cm³/mol. The van der Waals surface area contributed by atoms with Crippen LogP contribution in [0, 0.1) is 5.92 Å². The molecule has 1 N–H and O–H groups in total. The Labute approximate surface area is 103 Å². The number of carboxylic acid groups (broad SMARTS) is 1. The largest absolute Gasteiger partial charge is 0.481 e. The minimum absolute atomic E-state index is 0.0463. The zero-order chi connectivity index (χ0) is 13.1. The summed E-state index contributed by atoms with van der Waals surface area (Å²) in [6.45, 7) is 2.18. The van der Waals surface area contributed by atoms with Crippen molar-refractivity contribution in [2.45, 2.75) is 45.1 Å². The Morgan fingerprint density at radius 2 is 1.82 bits per heavy atom. The standard InChI is InChI=1S/C11H21NO4S/c1-9-3-5-10(6-4-9)12(2)17(15,16)8-7-11(13)14/h9-10H,3-8H2,1-2H3,(H,13,14). The summed E-state index contributed by atoms with van der Waals surface area (Å²) in [7, 11) is -1.85. The molecule has 0 bridgehead atoms. The first-order chi connectivity index (χ1) is 7.83. The molecule has 0 spiro atoms. The molecule has 0 aromatic carbocycles. The van der Waals surface area contributed by atoms with Gasteiger partial charge in [-0.15, -0.1) is 0 Å². The van der Waals surface area contributed by atoms with Crippen LogP contribution in [0.1, 0.15) is 39.0 Å². The number of aliphatic carboxylic acids is 1. The summed E-state index contributed by atoms with van der Waals surface area (Å²) in [5.41, 5.74) is 0. The second kappa shape index (κ2) is 5.82. The second-order valence-corrected chi connectivity index (χ2v) is 7.04. The van der Waals surface area contributed by atoms with Crippen LogP contribution in [-0.4, -0.2) is 42.6 Å². The summed E-state index contributed by atoms with van der Waals surface area (Å²) in [5.74, 6) is -0.703. The van der Waals surface area contributed by atoms with Crippen LogP contribution >= 0.6 is 0 Å². The molecule has 1 fully saturated rings. The highest BCUT2D eigenvalue weighted by Crippen LogP contribution is 2.27. The van der Waals surface area contributed by atoms with Crippen molar-refractivity contribution in [1.29, 1.82) is 0 Å². The van der Waals surface area contributed by atoms with Crippen molar-refractivity contribution in [1.82, 2.24) is 4.31 Å². The molecule has 1 aliphatic carbocycles. The summed E-state index contributed by atoms with van der Waals surface area (Å²) in [4.78, 5) is 10.4. The van der Waals surface area contributed by atoms with E-state index in [4.69, 9.17) is 5.11 Å². The van der Waals surface area contributed by atoms with Gasteiger partial charge in [-0.2, -0.15) is 0 Å². The number of nitrogens with zero attached hydrogens (tertiary/aromatic N) is 1. The Morgan fingerprint density at radius 1 is 1.29 bits per heavy atom. The molecule has 6 heteroatoms. The topological polar surface area (TPSA) is 74.7 Å². The summed E-state index contributed by atoms with van der Waals surface area (Å²) in [6, 6.07) is 0.0463. The van der Waals surface area contributed by atoms with Gasteiger partial charge in [-0.1, -0.05) is 6.92 Å². The maximum absolute atomic E-state index is 11.9. The number of carbonyl (C=O) groups is 1. The average Bonchev–Trinajstić information content (AvgIpc) is 2.27. The number of carboxylic acids is 1. The number of hydrogen-bond donors (Lipinski definition) is 1. The quantitative estimate of drug-likeness (QED) is 0.811. The Morgan fingerprint density at radius 3 is 2.29 bits per heavy atom. The van der Waals surface area contributed by atoms with Gasteiger partial charge in [0.15, 0.2) is 0 Å². The van der Waals surface area contributed by atoms with Crippen molar-refractivity contribution in [3.63, 3.8) is 0 Å². The maximum atomic E-state index is 11.9. The molecule has 0 aromatic rings. The number of rotatable bonds is 5. The Balaban J connectivity index is 2.56. The Bertz CT molecular complexity index is 358. The van der Waals surface area contributed by atoms with Crippen LogP contribution in [0.5, 0.6) is 0 Å². The molecule has 0 amide bonds. The molecule has 0 unspecified atom stereocenters. The van der Waals surface area contributed by atoms with Crippen molar-refractivity contribution in [3.8, 4) is 0 Å². The molecule has 0 radical (unpaired) electrons. The van der Waals surface area contributed by atoms with Crippen molar-refractivity contribution in [2.75, 3.05) is 12.8 Å². The minimum Gasteiger partial charge on any atom is -0.481 e. The molecule has 100 valence electrons. The predicted octanol–water partition coefficient (Wildman–Crippen LogP) is 1.30. The molecule has 0 aliphatic heterocycles. The molecule has 0 aromatic heterocycles. The highest BCUT2D eigenvalue weighted by Gasteiger charge is 2.29. The average molecular weight is 263 g/mol. The molecule has 1 aliphatic rings. The van der Waals surface area contributed by atoms with Gasteiger partial charge in [0, 0.05) is 13.1 Å². The highest BCUT2D eigenvalue weighted by atomic mass is 32.2. The number of sulfonamides is 1. The lowest BCUT2D eigenvalue weighted by Crippen LogP contribution is -2.40. The fraction of sp³-hybridized carbons (Fsp3) is 0.909. The van der Waals surface area contributed by atoms with Crippen LogP contribution in [0.2, 0.25) is 0 Å². The fourth-order valence-electron chi connectivity index (χ4n) is 2.19. The van der Waals surface area contributed by atoms with Crippen molar-refractivity contribution in [3.05, 3.63) is 0 Å². The fourth-order valence-corrected chi connectivity index (χ4v) is 3.58. The highest BCUT2D eigenvalue weighted by molar-refractivity contribution is 7.89. The molecule has 5 nitrogen and oxygen atoms in total. The van der Waals surface area contributed by atoms with Crippen molar-refractivity contribution < 1.29 is 18.3 Å². The van der Waals surface area contributed by atoms with Crippen LogP contribution in [0.15, 0.2) is 0 Å². The van der Waals surface area contributed by atoms with Gasteiger partial charge in [-0.3, -0.25) is 4.79 Å². The lowest BCUT2D eigenvalue weighted by molar-refractivity contribution is -0.136. The van der Waals surface area contributed by atoms with Crippen molar-refractivity contribution in [2.24, 2.45) is 5.92 Å². The van der Waals surface area contributed by atoms with Gasteiger partial charge < -0.3 is 5.11 Å². The molecule has 1 saturated carbocycles. The number of hydrogen-bond acceptors (Lipinski definition) is 3. The first-order valence-corrected chi connectivity index (χ1v) is 7.61. The minimum atomic E-state index is -3.42. The zero-order valence-corrected chi connectivity index (χ0v) is 11.2. The van der Waals surface area contributed by atoms with Gasteiger partial charge >= 0.3 is 5.97 Å². The van der Waals surface area contributed by atoms with Gasteiger partial charge in [0.05, 0.1) is 12.2 Å². The zero-order valence-electron chi connectivity index (χ0n) is 10.4.